The summed E-state index contributed by atoms with van der Waals surface area (Å²) in [5.74, 6) is 0.969. The molecular weight excluding hydrogens is 484 g/mol. The van der Waals surface area contributed by atoms with E-state index in [9.17, 15) is 4.79 Å². The number of halogens is 1. The number of hydrogen-bond donors (Lipinski definition) is 0. The molecule has 1 aliphatic heterocycles. The third-order valence-corrected chi connectivity index (χ3v) is 11.1. The van der Waals surface area contributed by atoms with Crippen LogP contribution in [0.1, 0.15) is 71.0 Å². The molecule has 0 fully saturated rings. The number of rotatable bonds is 6. The summed E-state index contributed by atoms with van der Waals surface area (Å²) in [6.45, 7) is 17.9. The van der Waals surface area contributed by atoms with Crippen LogP contribution in [0.25, 0.3) is 5.57 Å². The molecule has 0 aromatic carbocycles. The fourth-order valence-electron chi connectivity index (χ4n) is 3.24. The number of amides is 1. The Labute approximate surface area is 214 Å². The maximum atomic E-state index is 12.3. The van der Waals surface area contributed by atoms with E-state index >= 15 is 0 Å². The lowest BCUT2D eigenvalue weighted by atomic mass is 10.0. The zero-order chi connectivity index (χ0) is 26.0. The fraction of sp³-hybridized carbons (Fsp3) is 0.600. The van der Waals surface area contributed by atoms with Gasteiger partial charge in [-0.05, 0) is 62.5 Å². The molecule has 2 aromatic heterocycles. The number of carbonyl (C=O) groups is 1. The molecule has 2 aromatic rings. The maximum absolute atomic E-state index is 12.3. The molecule has 3 heterocycles. The molecule has 0 bridgehead atoms. The number of aromatic nitrogens is 3. The van der Waals surface area contributed by atoms with Crippen molar-refractivity contribution in [2.45, 2.75) is 84.7 Å². The van der Waals surface area contributed by atoms with Gasteiger partial charge in [0, 0.05) is 19.3 Å². The summed E-state index contributed by atoms with van der Waals surface area (Å²) in [6.07, 6.45) is 4.54. The van der Waals surface area contributed by atoms with Crippen LogP contribution < -0.4 is 0 Å². The second-order valence-electron chi connectivity index (χ2n) is 11.4. The highest BCUT2D eigenvalue weighted by molar-refractivity contribution is 6.74. The first-order chi connectivity index (χ1) is 16.1. The zero-order valence-corrected chi connectivity index (χ0v) is 23.8. The van der Waals surface area contributed by atoms with Gasteiger partial charge in [-0.15, -0.1) is 10.2 Å². The van der Waals surface area contributed by atoms with Gasteiger partial charge in [0.25, 0.3) is 0 Å². The topological polar surface area (TPSA) is 90.6 Å². The molecule has 0 saturated carbocycles. The smallest absolute Gasteiger partial charge is 0.410 e. The number of pyridine rings is 1. The first-order valence-corrected chi connectivity index (χ1v) is 15.2. The van der Waals surface area contributed by atoms with Crippen molar-refractivity contribution in [3.05, 3.63) is 46.4 Å². The molecule has 0 saturated heterocycles. The number of hydrogen-bond acceptors (Lipinski definition) is 7. The Balaban J connectivity index is 1.60. The molecule has 0 N–H and O–H groups in total. The first kappa shape index (κ1) is 27.4. The first-order valence-electron chi connectivity index (χ1n) is 11.9. The van der Waals surface area contributed by atoms with Crippen LogP contribution in [0.15, 0.2) is 22.8 Å². The van der Waals surface area contributed by atoms with Crippen molar-refractivity contribution >= 4 is 31.6 Å². The summed E-state index contributed by atoms with van der Waals surface area (Å²) >= 11 is 6.57. The molecule has 0 spiro atoms. The van der Waals surface area contributed by atoms with Gasteiger partial charge in [-0.2, -0.15) is 0 Å². The highest BCUT2D eigenvalue weighted by atomic mass is 35.5. The number of nitrogens with zero attached hydrogens (tertiary/aromatic N) is 4. The largest absolute Gasteiger partial charge is 0.444 e. The predicted octanol–water partition coefficient (Wildman–Crippen LogP) is 6.25. The van der Waals surface area contributed by atoms with Gasteiger partial charge in [0.05, 0.1) is 17.1 Å². The van der Waals surface area contributed by atoms with Gasteiger partial charge in [-0.3, -0.25) is 4.98 Å². The highest BCUT2D eigenvalue weighted by Gasteiger charge is 2.37. The van der Waals surface area contributed by atoms with Gasteiger partial charge in [-0.25, -0.2) is 4.79 Å². The SMILES string of the molecule is CC(C)(C)OC(=O)N1CC=C(c2ncc(Cc3nnc(CO[Si](C)(C)C(C)(C)C)o3)cc2Cl)CC1. The van der Waals surface area contributed by atoms with Crippen molar-refractivity contribution in [1.29, 1.82) is 0 Å². The molecule has 0 unspecified atom stereocenters. The molecule has 0 atom stereocenters. The molecular formula is C25H37ClN4O4Si. The van der Waals surface area contributed by atoms with E-state index in [1.54, 1.807) is 11.1 Å². The van der Waals surface area contributed by atoms with Gasteiger partial charge in [0.1, 0.15) is 12.2 Å². The van der Waals surface area contributed by atoms with E-state index in [4.69, 9.17) is 25.2 Å². The zero-order valence-electron chi connectivity index (χ0n) is 22.1. The monoisotopic (exact) mass is 520 g/mol. The van der Waals surface area contributed by atoms with Crippen LogP contribution >= 0.6 is 11.6 Å². The second kappa shape index (κ2) is 10.4. The van der Waals surface area contributed by atoms with Crippen LogP contribution in [-0.2, 0) is 22.2 Å². The van der Waals surface area contributed by atoms with Crippen molar-refractivity contribution in [2.24, 2.45) is 0 Å². The van der Waals surface area contributed by atoms with Crippen molar-refractivity contribution < 1.29 is 18.4 Å². The number of carbonyl (C=O) groups excluding carboxylic acids is 1. The van der Waals surface area contributed by atoms with E-state index in [1.165, 1.54) is 0 Å². The summed E-state index contributed by atoms with van der Waals surface area (Å²) in [5, 5.41) is 8.95. The lowest BCUT2D eigenvalue weighted by molar-refractivity contribution is 0.0270. The van der Waals surface area contributed by atoms with E-state index in [0.717, 1.165) is 16.8 Å². The van der Waals surface area contributed by atoms with Gasteiger partial charge < -0.3 is 18.5 Å². The average Bonchev–Trinajstić information content (AvgIpc) is 3.18. The Kier molecular flexibility index (Phi) is 8.13. The van der Waals surface area contributed by atoms with Gasteiger partial charge in [-0.1, -0.05) is 38.4 Å². The minimum atomic E-state index is -1.89. The van der Waals surface area contributed by atoms with Crippen LogP contribution in [0, 0.1) is 0 Å². The Bertz CT molecular complexity index is 1090. The van der Waals surface area contributed by atoms with E-state index in [-0.39, 0.29) is 11.1 Å². The van der Waals surface area contributed by atoms with Crippen molar-refractivity contribution in [3.63, 3.8) is 0 Å². The molecule has 10 heteroatoms. The Hall–Kier alpha value is -2.23. The summed E-state index contributed by atoms with van der Waals surface area (Å²) in [7, 11) is -1.89. The van der Waals surface area contributed by atoms with E-state index < -0.39 is 13.9 Å². The molecule has 3 rings (SSSR count). The van der Waals surface area contributed by atoms with Crippen LogP contribution in [0.4, 0.5) is 4.79 Å². The van der Waals surface area contributed by atoms with Crippen LogP contribution in [0.3, 0.4) is 0 Å². The summed E-state index contributed by atoms with van der Waals surface area (Å²) in [5.41, 5.74) is 2.11. The van der Waals surface area contributed by atoms with Gasteiger partial charge >= 0.3 is 6.09 Å². The predicted molar refractivity (Wildman–Crippen MR) is 139 cm³/mol. The van der Waals surface area contributed by atoms with Crippen LogP contribution in [0.5, 0.6) is 0 Å². The fourth-order valence-corrected chi connectivity index (χ4v) is 4.47. The molecule has 8 nitrogen and oxygen atoms in total. The standard InChI is InChI=1S/C25H37ClN4O4Si/c1-24(2,3)34-23(31)30-11-9-18(10-12-30)22-19(26)13-17(15-27-22)14-20-28-29-21(33-20)16-32-35(7,8)25(4,5)6/h9,13,15H,10-12,14,16H2,1-8H3. The van der Waals surface area contributed by atoms with Crippen LogP contribution in [0.2, 0.25) is 23.2 Å². The molecule has 192 valence electrons. The Morgan fingerprint density at radius 1 is 1.17 bits per heavy atom. The lowest BCUT2D eigenvalue weighted by Gasteiger charge is -2.35. The van der Waals surface area contributed by atoms with E-state index in [1.807, 2.05) is 32.9 Å². The van der Waals surface area contributed by atoms with E-state index in [0.29, 0.717) is 49.3 Å². The second-order valence-corrected chi connectivity index (χ2v) is 16.6. The summed E-state index contributed by atoms with van der Waals surface area (Å²) in [4.78, 5) is 18.6. The molecule has 0 aliphatic carbocycles. The van der Waals surface area contributed by atoms with Crippen molar-refractivity contribution in [2.75, 3.05) is 13.1 Å². The van der Waals surface area contributed by atoms with E-state index in [2.05, 4.69) is 49.0 Å². The highest BCUT2D eigenvalue weighted by Crippen LogP contribution is 2.37. The normalized spacial score (nSPS) is 15.2. The van der Waals surface area contributed by atoms with Gasteiger partial charge in [0.2, 0.25) is 11.8 Å². The number of ether oxygens (including phenoxy) is 1. The summed E-state index contributed by atoms with van der Waals surface area (Å²) in [6, 6.07) is 1.88. The third-order valence-electron chi connectivity index (χ3n) is 6.29. The molecule has 1 amide bonds. The van der Waals surface area contributed by atoms with Crippen LogP contribution in [-0.4, -0.2) is 53.2 Å². The Morgan fingerprint density at radius 2 is 1.86 bits per heavy atom. The maximum Gasteiger partial charge on any atom is 0.410 e. The third kappa shape index (κ3) is 7.38. The molecule has 1 aliphatic rings. The molecule has 0 radical (unpaired) electrons. The minimum absolute atomic E-state index is 0.113. The lowest BCUT2D eigenvalue weighted by Crippen LogP contribution is -2.40. The molecule has 35 heavy (non-hydrogen) atoms. The Morgan fingerprint density at radius 3 is 2.43 bits per heavy atom. The minimum Gasteiger partial charge on any atom is -0.444 e. The average molecular weight is 521 g/mol. The van der Waals surface area contributed by atoms with Crippen molar-refractivity contribution in [1.82, 2.24) is 20.1 Å². The summed E-state index contributed by atoms with van der Waals surface area (Å²) < 4.78 is 17.4. The quantitative estimate of drug-likeness (QED) is 0.415. The van der Waals surface area contributed by atoms with Crippen molar-refractivity contribution in [3.8, 4) is 0 Å². The van der Waals surface area contributed by atoms with Gasteiger partial charge in [0.15, 0.2) is 8.32 Å².